The summed E-state index contributed by atoms with van der Waals surface area (Å²) in [5.41, 5.74) is 2.94. The number of benzene rings is 1. The van der Waals surface area contributed by atoms with Crippen molar-refractivity contribution in [2.45, 2.75) is 45.4 Å². The quantitative estimate of drug-likeness (QED) is 0.300. The zero-order chi connectivity index (χ0) is 17.2. The van der Waals surface area contributed by atoms with Crippen LogP contribution in [-0.2, 0) is 0 Å². The molecule has 6 nitrogen and oxygen atoms in total. The van der Waals surface area contributed by atoms with Gasteiger partial charge in [0.05, 0.1) is 12.2 Å². The van der Waals surface area contributed by atoms with E-state index in [4.69, 9.17) is 15.1 Å². The summed E-state index contributed by atoms with van der Waals surface area (Å²) in [5, 5.41) is 3.72. The lowest BCUT2D eigenvalue weighted by Gasteiger charge is -2.09. The summed E-state index contributed by atoms with van der Waals surface area (Å²) in [6, 6.07) is 9.11. The highest BCUT2D eigenvalue weighted by Crippen LogP contribution is 2.30. The molecule has 0 aliphatic heterocycles. The van der Waals surface area contributed by atoms with Crippen molar-refractivity contribution in [3.63, 3.8) is 0 Å². The zero-order valence-electron chi connectivity index (χ0n) is 14.1. The number of para-hydroxylation sites is 1. The van der Waals surface area contributed by atoms with Gasteiger partial charge in [-0.1, -0.05) is 56.3 Å². The molecule has 2 aromatic rings. The Balaban J connectivity index is 1.93. The highest BCUT2D eigenvalue weighted by atomic mass is 16.5. The Morgan fingerprint density at radius 2 is 1.96 bits per heavy atom. The summed E-state index contributed by atoms with van der Waals surface area (Å²) >= 11 is 0. The molecule has 24 heavy (non-hydrogen) atoms. The standard InChI is InChI=1S/C18H25N3O3/c1-2-3-4-5-6-9-12-23-16-11-8-7-10-14(16)17-13-15(21-24-17)18(22)20-19/h7-8,10-11,13H,2-6,9,12,19H2,1H3,(H,20,22). The van der Waals surface area contributed by atoms with E-state index in [2.05, 4.69) is 12.1 Å². The lowest BCUT2D eigenvalue weighted by atomic mass is 10.1. The van der Waals surface area contributed by atoms with Crippen LogP contribution >= 0.6 is 0 Å². The molecule has 1 aromatic carbocycles. The lowest BCUT2D eigenvalue weighted by molar-refractivity contribution is 0.0944. The Hall–Kier alpha value is -2.34. The van der Waals surface area contributed by atoms with Gasteiger partial charge in [-0.15, -0.1) is 0 Å². The molecule has 0 atom stereocenters. The summed E-state index contributed by atoms with van der Waals surface area (Å²) in [5.74, 6) is 5.81. The molecule has 1 heterocycles. The minimum Gasteiger partial charge on any atom is -0.493 e. The van der Waals surface area contributed by atoms with Crippen molar-refractivity contribution in [2.75, 3.05) is 6.61 Å². The first-order chi connectivity index (χ1) is 11.8. The fraction of sp³-hybridized carbons (Fsp3) is 0.444. The Labute approximate surface area is 142 Å². The van der Waals surface area contributed by atoms with Gasteiger partial charge in [-0.05, 0) is 18.6 Å². The third-order valence-electron chi connectivity index (χ3n) is 3.78. The second-order valence-electron chi connectivity index (χ2n) is 5.66. The minimum absolute atomic E-state index is 0.137. The maximum absolute atomic E-state index is 11.5. The molecule has 2 rings (SSSR count). The van der Waals surface area contributed by atoms with Gasteiger partial charge in [0.1, 0.15) is 5.75 Å². The van der Waals surface area contributed by atoms with Crippen molar-refractivity contribution in [1.29, 1.82) is 0 Å². The molecule has 0 fully saturated rings. The van der Waals surface area contributed by atoms with Crippen LogP contribution in [0.15, 0.2) is 34.9 Å². The number of nitrogens with zero attached hydrogens (tertiary/aromatic N) is 1. The largest absolute Gasteiger partial charge is 0.493 e. The molecule has 0 bridgehead atoms. The number of hydrogen-bond acceptors (Lipinski definition) is 5. The van der Waals surface area contributed by atoms with E-state index in [1.165, 1.54) is 32.1 Å². The number of nitrogen functional groups attached to an aromatic ring is 1. The molecule has 0 saturated carbocycles. The van der Waals surface area contributed by atoms with E-state index < -0.39 is 5.91 Å². The first-order valence-corrected chi connectivity index (χ1v) is 8.46. The second kappa shape index (κ2) is 9.72. The molecule has 0 aliphatic rings. The van der Waals surface area contributed by atoms with Crippen LogP contribution in [0.4, 0.5) is 0 Å². The van der Waals surface area contributed by atoms with Crippen molar-refractivity contribution in [1.82, 2.24) is 10.6 Å². The maximum atomic E-state index is 11.5. The van der Waals surface area contributed by atoms with E-state index in [9.17, 15) is 4.79 Å². The van der Waals surface area contributed by atoms with Crippen molar-refractivity contribution in [3.8, 4) is 17.1 Å². The Bertz CT molecular complexity index is 640. The van der Waals surface area contributed by atoms with E-state index in [1.54, 1.807) is 6.07 Å². The number of rotatable bonds is 10. The van der Waals surface area contributed by atoms with E-state index in [-0.39, 0.29) is 5.69 Å². The SMILES string of the molecule is CCCCCCCCOc1ccccc1-c1cc(C(=O)NN)no1. The van der Waals surface area contributed by atoms with E-state index >= 15 is 0 Å². The van der Waals surface area contributed by atoms with Gasteiger partial charge in [-0.25, -0.2) is 5.84 Å². The Kier molecular flexibility index (Phi) is 7.29. The number of carbonyl (C=O) groups is 1. The van der Waals surface area contributed by atoms with Gasteiger partial charge in [0.2, 0.25) is 0 Å². The summed E-state index contributed by atoms with van der Waals surface area (Å²) < 4.78 is 11.1. The number of amides is 1. The summed E-state index contributed by atoms with van der Waals surface area (Å²) in [6.07, 6.45) is 7.29. The van der Waals surface area contributed by atoms with E-state index in [0.717, 1.165) is 17.7 Å². The number of hydrazine groups is 1. The maximum Gasteiger partial charge on any atom is 0.287 e. The number of carbonyl (C=O) groups excluding carboxylic acids is 1. The van der Waals surface area contributed by atoms with Crippen LogP contribution < -0.4 is 16.0 Å². The van der Waals surface area contributed by atoms with Crippen LogP contribution in [0.3, 0.4) is 0 Å². The Morgan fingerprint density at radius 3 is 2.75 bits per heavy atom. The second-order valence-corrected chi connectivity index (χ2v) is 5.66. The van der Waals surface area contributed by atoms with Gasteiger partial charge in [0.25, 0.3) is 5.91 Å². The fourth-order valence-corrected chi connectivity index (χ4v) is 2.44. The molecule has 0 saturated heterocycles. The number of nitrogens with two attached hydrogens (primary N) is 1. The molecule has 0 spiro atoms. The number of ether oxygens (including phenoxy) is 1. The molecule has 1 amide bonds. The Morgan fingerprint density at radius 1 is 1.21 bits per heavy atom. The van der Waals surface area contributed by atoms with Crippen molar-refractivity contribution in [3.05, 3.63) is 36.0 Å². The molecule has 0 unspecified atom stereocenters. The fourth-order valence-electron chi connectivity index (χ4n) is 2.44. The monoisotopic (exact) mass is 331 g/mol. The van der Waals surface area contributed by atoms with Crippen molar-refractivity contribution in [2.24, 2.45) is 5.84 Å². The molecule has 1 aromatic heterocycles. The minimum atomic E-state index is -0.490. The number of hydrogen-bond donors (Lipinski definition) is 2. The van der Waals surface area contributed by atoms with Crippen LogP contribution in [0, 0.1) is 0 Å². The van der Waals surface area contributed by atoms with Crippen LogP contribution in [0.25, 0.3) is 11.3 Å². The zero-order valence-corrected chi connectivity index (χ0v) is 14.1. The van der Waals surface area contributed by atoms with E-state index in [0.29, 0.717) is 12.4 Å². The molecular formula is C18H25N3O3. The molecule has 3 N–H and O–H groups in total. The normalized spacial score (nSPS) is 10.6. The smallest absolute Gasteiger partial charge is 0.287 e. The van der Waals surface area contributed by atoms with Crippen LogP contribution in [0.5, 0.6) is 5.75 Å². The summed E-state index contributed by atoms with van der Waals surface area (Å²) in [6.45, 7) is 2.87. The molecule has 0 aliphatic carbocycles. The topological polar surface area (TPSA) is 90.4 Å². The van der Waals surface area contributed by atoms with E-state index in [1.807, 2.05) is 29.7 Å². The first-order valence-electron chi connectivity index (χ1n) is 8.46. The molecular weight excluding hydrogens is 306 g/mol. The van der Waals surface area contributed by atoms with Crippen molar-refractivity contribution >= 4 is 5.91 Å². The number of unbranched alkanes of at least 4 members (excludes halogenated alkanes) is 5. The van der Waals surface area contributed by atoms with Gasteiger partial charge in [0.15, 0.2) is 11.5 Å². The summed E-state index contributed by atoms with van der Waals surface area (Å²) in [7, 11) is 0. The average molecular weight is 331 g/mol. The summed E-state index contributed by atoms with van der Waals surface area (Å²) in [4.78, 5) is 11.5. The third-order valence-corrected chi connectivity index (χ3v) is 3.78. The molecule has 130 valence electrons. The molecule has 0 radical (unpaired) electrons. The van der Waals surface area contributed by atoms with Gasteiger partial charge in [-0.2, -0.15) is 0 Å². The predicted octanol–water partition coefficient (Wildman–Crippen LogP) is 3.68. The van der Waals surface area contributed by atoms with Crippen LogP contribution in [-0.4, -0.2) is 17.7 Å². The average Bonchev–Trinajstić information content (AvgIpc) is 3.10. The van der Waals surface area contributed by atoms with Gasteiger partial charge < -0.3 is 9.26 Å². The van der Waals surface area contributed by atoms with Gasteiger partial charge >= 0.3 is 0 Å². The molecule has 6 heteroatoms. The highest BCUT2D eigenvalue weighted by Gasteiger charge is 2.15. The highest BCUT2D eigenvalue weighted by molar-refractivity contribution is 5.92. The number of aromatic nitrogens is 1. The van der Waals surface area contributed by atoms with Gasteiger partial charge in [0, 0.05) is 6.07 Å². The van der Waals surface area contributed by atoms with Crippen LogP contribution in [0.1, 0.15) is 55.9 Å². The van der Waals surface area contributed by atoms with Gasteiger partial charge in [-0.3, -0.25) is 10.2 Å². The third kappa shape index (κ3) is 5.09. The lowest BCUT2D eigenvalue weighted by Crippen LogP contribution is -2.30. The number of nitrogens with one attached hydrogen (secondary N) is 1. The van der Waals surface area contributed by atoms with Crippen LogP contribution in [0.2, 0.25) is 0 Å². The first kappa shape index (κ1) is 18.0. The van der Waals surface area contributed by atoms with Crippen molar-refractivity contribution < 1.29 is 14.1 Å². The predicted molar refractivity (Wildman–Crippen MR) is 92.5 cm³/mol.